The summed E-state index contributed by atoms with van der Waals surface area (Å²) in [4.78, 5) is 3.01. The molecule has 6 rings (SSSR count). The summed E-state index contributed by atoms with van der Waals surface area (Å²) in [7, 11) is 0. The van der Waals surface area contributed by atoms with Gasteiger partial charge in [-0.1, -0.05) is 121 Å². The van der Waals surface area contributed by atoms with Crippen LogP contribution in [0.1, 0.15) is 27.1 Å². The molecule has 0 saturated heterocycles. The Kier molecular flexibility index (Phi) is 5.98. The van der Waals surface area contributed by atoms with E-state index < -0.39 is 5.54 Å². The van der Waals surface area contributed by atoms with Gasteiger partial charge < -0.3 is 0 Å². The second-order valence-corrected chi connectivity index (χ2v) is 9.63. The Morgan fingerprint density at radius 1 is 0.611 bits per heavy atom. The van der Waals surface area contributed by atoms with Crippen molar-refractivity contribution in [2.24, 2.45) is 0 Å². The Labute approximate surface area is 214 Å². The number of aromatic nitrogens is 4. The summed E-state index contributed by atoms with van der Waals surface area (Å²) < 4.78 is 0. The summed E-state index contributed by atoms with van der Waals surface area (Å²) in [5, 5.41) is 16.5. The molecule has 4 nitrogen and oxygen atoms in total. The van der Waals surface area contributed by atoms with E-state index in [9.17, 15) is 0 Å². The van der Waals surface area contributed by atoms with Gasteiger partial charge in [-0.2, -0.15) is 0 Å². The molecule has 0 atom stereocenters. The molecular formula is C31H24N4S. The van der Waals surface area contributed by atoms with Gasteiger partial charge in [-0.05, 0) is 38.9 Å². The van der Waals surface area contributed by atoms with Gasteiger partial charge in [0.2, 0.25) is 5.82 Å². The molecule has 5 heteroatoms. The van der Waals surface area contributed by atoms with Crippen molar-refractivity contribution in [1.82, 2.24) is 20.2 Å². The van der Waals surface area contributed by atoms with Gasteiger partial charge in [-0.3, -0.25) is 0 Å². The smallest absolute Gasteiger partial charge is 0.148 e. The van der Waals surface area contributed by atoms with E-state index in [1.807, 2.05) is 24.3 Å². The molecule has 0 radical (unpaired) electrons. The summed E-state index contributed by atoms with van der Waals surface area (Å²) in [6.07, 6.45) is 0.837. The lowest BCUT2D eigenvalue weighted by Crippen LogP contribution is -2.39. The molecule has 0 aliphatic rings. The highest BCUT2D eigenvalue weighted by atomic mass is 32.1. The lowest BCUT2D eigenvalue weighted by Gasteiger charge is -2.34. The van der Waals surface area contributed by atoms with Crippen molar-refractivity contribution in [2.45, 2.75) is 12.0 Å². The van der Waals surface area contributed by atoms with Crippen LogP contribution >= 0.6 is 11.3 Å². The standard InChI is InChI=1S/C31H24N4S/c1-5-13-24(14-6-1)23-29-28(21-22-36-29)30-32-34-35(33-30)31(25-15-7-2-8-16-25,26-17-9-3-10-18-26)27-19-11-4-12-20-27/h1-22H,23H2. The van der Waals surface area contributed by atoms with Gasteiger partial charge in [0.1, 0.15) is 0 Å². The van der Waals surface area contributed by atoms with Crippen LogP contribution in [0.25, 0.3) is 11.4 Å². The topological polar surface area (TPSA) is 43.6 Å². The van der Waals surface area contributed by atoms with Crippen LogP contribution < -0.4 is 0 Å². The van der Waals surface area contributed by atoms with Crippen molar-refractivity contribution < 1.29 is 0 Å². The van der Waals surface area contributed by atoms with Gasteiger partial charge in [-0.15, -0.1) is 26.3 Å². The molecule has 0 spiro atoms. The fraction of sp³-hybridized carbons (Fsp3) is 0.0645. The van der Waals surface area contributed by atoms with Crippen molar-refractivity contribution in [3.05, 3.63) is 160 Å². The summed E-state index contributed by atoms with van der Waals surface area (Å²) in [5.74, 6) is 0.634. The molecule has 0 aliphatic carbocycles. The van der Waals surface area contributed by atoms with Crippen LogP contribution in [0, 0.1) is 0 Å². The fourth-order valence-electron chi connectivity index (χ4n) is 4.81. The zero-order valence-electron chi connectivity index (χ0n) is 19.6. The summed E-state index contributed by atoms with van der Waals surface area (Å²) in [6, 6.07) is 43.9. The molecular weight excluding hydrogens is 460 g/mol. The Balaban J connectivity index is 1.53. The van der Waals surface area contributed by atoms with Crippen LogP contribution in [-0.4, -0.2) is 20.2 Å². The van der Waals surface area contributed by atoms with E-state index in [0.717, 1.165) is 28.7 Å². The van der Waals surface area contributed by atoms with Crippen LogP contribution in [0.4, 0.5) is 0 Å². The average molecular weight is 485 g/mol. The van der Waals surface area contributed by atoms with Crippen LogP contribution in [0.15, 0.2) is 133 Å². The summed E-state index contributed by atoms with van der Waals surface area (Å²) in [6.45, 7) is 0. The third-order valence-electron chi connectivity index (χ3n) is 6.48. The van der Waals surface area contributed by atoms with E-state index in [-0.39, 0.29) is 0 Å². The van der Waals surface area contributed by atoms with Gasteiger partial charge >= 0.3 is 0 Å². The maximum absolute atomic E-state index is 5.06. The van der Waals surface area contributed by atoms with Crippen LogP contribution in [0.2, 0.25) is 0 Å². The SMILES string of the molecule is c1ccc(Cc2sccc2-c2nnn(C(c3ccccc3)(c3ccccc3)c3ccccc3)n2)cc1. The largest absolute Gasteiger partial charge is 0.206 e. The molecule has 6 aromatic rings. The zero-order chi connectivity index (χ0) is 24.2. The predicted octanol–water partition coefficient (Wildman–Crippen LogP) is 6.83. The molecule has 174 valence electrons. The number of hydrogen-bond acceptors (Lipinski definition) is 4. The maximum Gasteiger partial charge on any atom is 0.206 e. The maximum atomic E-state index is 5.06. The number of benzene rings is 4. The number of thiophene rings is 1. The van der Waals surface area contributed by atoms with E-state index >= 15 is 0 Å². The molecule has 4 aromatic carbocycles. The third kappa shape index (κ3) is 3.93. The molecule has 0 unspecified atom stereocenters. The van der Waals surface area contributed by atoms with E-state index in [1.165, 1.54) is 10.4 Å². The highest BCUT2D eigenvalue weighted by Gasteiger charge is 2.41. The second kappa shape index (κ2) is 9.72. The first-order chi connectivity index (χ1) is 17.9. The number of hydrogen-bond donors (Lipinski definition) is 0. The van der Waals surface area contributed by atoms with E-state index in [0.29, 0.717) is 5.82 Å². The Morgan fingerprint density at radius 2 is 1.11 bits per heavy atom. The third-order valence-corrected chi connectivity index (χ3v) is 7.40. The summed E-state index contributed by atoms with van der Waals surface area (Å²) >= 11 is 1.73. The van der Waals surface area contributed by atoms with Gasteiger partial charge in [0.25, 0.3) is 0 Å². The van der Waals surface area contributed by atoms with E-state index in [1.54, 1.807) is 16.1 Å². The van der Waals surface area contributed by atoms with Crippen molar-refractivity contribution in [2.75, 3.05) is 0 Å². The highest BCUT2D eigenvalue weighted by Crippen LogP contribution is 2.40. The lowest BCUT2D eigenvalue weighted by atomic mass is 9.77. The number of tetrazole rings is 1. The molecule has 0 amide bonds. The van der Waals surface area contributed by atoms with Crippen molar-refractivity contribution in [3.8, 4) is 11.4 Å². The van der Waals surface area contributed by atoms with Crippen LogP contribution in [0.5, 0.6) is 0 Å². The Bertz CT molecular complexity index is 1450. The molecule has 0 fully saturated rings. The molecule has 0 N–H and O–H groups in total. The quantitative estimate of drug-likeness (QED) is 0.233. The van der Waals surface area contributed by atoms with Gasteiger partial charge in [-0.25, -0.2) is 0 Å². The molecule has 2 aromatic heterocycles. The van der Waals surface area contributed by atoms with Crippen molar-refractivity contribution in [3.63, 3.8) is 0 Å². The van der Waals surface area contributed by atoms with Crippen molar-refractivity contribution in [1.29, 1.82) is 0 Å². The molecule has 36 heavy (non-hydrogen) atoms. The first kappa shape index (κ1) is 22.1. The second-order valence-electron chi connectivity index (χ2n) is 8.63. The lowest BCUT2D eigenvalue weighted by molar-refractivity contribution is 0.396. The minimum Gasteiger partial charge on any atom is -0.148 e. The van der Waals surface area contributed by atoms with Gasteiger partial charge in [0, 0.05) is 16.9 Å². The minimum atomic E-state index is -0.773. The Morgan fingerprint density at radius 3 is 1.64 bits per heavy atom. The molecule has 0 bridgehead atoms. The van der Waals surface area contributed by atoms with Crippen molar-refractivity contribution >= 4 is 11.3 Å². The first-order valence-electron chi connectivity index (χ1n) is 11.9. The summed E-state index contributed by atoms with van der Waals surface area (Å²) in [5.41, 5.74) is 4.73. The molecule has 2 heterocycles. The van der Waals surface area contributed by atoms with Crippen LogP contribution in [0.3, 0.4) is 0 Å². The first-order valence-corrected chi connectivity index (χ1v) is 12.8. The minimum absolute atomic E-state index is 0.634. The van der Waals surface area contributed by atoms with Gasteiger partial charge in [0.05, 0.1) is 0 Å². The monoisotopic (exact) mass is 484 g/mol. The predicted molar refractivity (Wildman–Crippen MR) is 145 cm³/mol. The number of nitrogens with zero attached hydrogens (tertiary/aromatic N) is 4. The van der Waals surface area contributed by atoms with Crippen LogP contribution in [-0.2, 0) is 12.0 Å². The Hall–Kier alpha value is -4.35. The fourth-order valence-corrected chi connectivity index (χ4v) is 5.71. The average Bonchev–Trinajstić information content (AvgIpc) is 3.62. The number of rotatable bonds is 7. The van der Waals surface area contributed by atoms with Gasteiger partial charge in [0.15, 0.2) is 5.54 Å². The molecule has 0 aliphatic heterocycles. The zero-order valence-corrected chi connectivity index (χ0v) is 20.4. The normalized spacial score (nSPS) is 11.4. The highest BCUT2D eigenvalue weighted by molar-refractivity contribution is 7.10. The molecule has 0 saturated carbocycles. The van der Waals surface area contributed by atoms with E-state index in [4.69, 9.17) is 5.10 Å². The van der Waals surface area contributed by atoms with E-state index in [2.05, 4.69) is 119 Å².